The average molecular weight is 312 g/mol. The van der Waals surface area contributed by atoms with Crippen molar-refractivity contribution in [2.45, 2.75) is 12.5 Å². The quantitative estimate of drug-likeness (QED) is 0.860. The van der Waals surface area contributed by atoms with Crippen LogP contribution in [-0.4, -0.2) is 17.9 Å². The third-order valence-electron chi connectivity index (χ3n) is 3.25. The Morgan fingerprint density at radius 1 is 1.09 bits per heavy atom. The highest BCUT2D eigenvalue weighted by Crippen LogP contribution is 2.08. The molecule has 118 valence electrons. The lowest BCUT2D eigenvalue weighted by atomic mass is 10.1. The number of carbonyl (C=O) groups is 2. The molecule has 0 aliphatic rings. The smallest absolute Gasteiger partial charge is 0.254 e. The van der Waals surface area contributed by atoms with Gasteiger partial charge in [0.05, 0.1) is 5.56 Å². The standard InChI is InChI=1S/C18H17FN2O2/c19-15-11-5-4-10-14(15)18(23)21-16(17(20)22)12-6-9-13-7-2-1-3-8-13/h1-11,16H,12H2,(H2,20,22)(H,21,23)/b9-6+/t16-/m0/s1. The molecular formula is C18H17FN2O2. The van der Waals surface area contributed by atoms with Gasteiger partial charge in [-0.25, -0.2) is 4.39 Å². The van der Waals surface area contributed by atoms with Crippen LogP contribution in [0.3, 0.4) is 0 Å². The minimum Gasteiger partial charge on any atom is -0.368 e. The number of benzene rings is 2. The largest absolute Gasteiger partial charge is 0.368 e. The summed E-state index contributed by atoms with van der Waals surface area (Å²) >= 11 is 0. The van der Waals surface area contributed by atoms with Crippen molar-refractivity contribution in [2.24, 2.45) is 5.73 Å². The number of carbonyl (C=O) groups excluding carboxylic acids is 2. The summed E-state index contributed by atoms with van der Waals surface area (Å²) in [4.78, 5) is 23.5. The third kappa shape index (κ3) is 4.78. The van der Waals surface area contributed by atoms with E-state index in [1.165, 1.54) is 18.2 Å². The molecule has 2 aromatic rings. The molecule has 2 amide bonds. The summed E-state index contributed by atoms with van der Waals surface area (Å²) in [5.74, 6) is -1.99. The molecule has 1 atom stereocenters. The zero-order valence-corrected chi connectivity index (χ0v) is 12.4. The Morgan fingerprint density at radius 3 is 2.39 bits per heavy atom. The number of amides is 2. The summed E-state index contributed by atoms with van der Waals surface area (Å²) < 4.78 is 13.6. The molecule has 0 unspecified atom stereocenters. The number of primary amides is 1. The molecule has 0 aliphatic carbocycles. The Labute approximate surface area is 133 Å². The summed E-state index contributed by atoms with van der Waals surface area (Å²) in [6.45, 7) is 0. The molecule has 0 saturated carbocycles. The molecule has 23 heavy (non-hydrogen) atoms. The highest BCUT2D eigenvalue weighted by molar-refractivity contribution is 5.97. The fourth-order valence-corrected chi connectivity index (χ4v) is 2.03. The van der Waals surface area contributed by atoms with Gasteiger partial charge in [0.1, 0.15) is 11.9 Å². The molecule has 0 radical (unpaired) electrons. The Kier molecular flexibility index (Phi) is 5.63. The second-order valence-corrected chi connectivity index (χ2v) is 4.96. The van der Waals surface area contributed by atoms with Crippen LogP contribution in [0.1, 0.15) is 22.3 Å². The van der Waals surface area contributed by atoms with Gasteiger partial charge in [-0.05, 0) is 24.1 Å². The van der Waals surface area contributed by atoms with Crippen molar-refractivity contribution in [1.29, 1.82) is 0 Å². The van der Waals surface area contributed by atoms with E-state index < -0.39 is 23.7 Å². The van der Waals surface area contributed by atoms with Crippen molar-refractivity contribution >= 4 is 17.9 Å². The van der Waals surface area contributed by atoms with Crippen molar-refractivity contribution < 1.29 is 14.0 Å². The van der Waals surface area contributed by atoms with Crippen LogP contribution in [-0.2, 0) is 4.79 Å². The lowest BCUT2D eigenvalue weighted by molar-refractivity contribution is -0.119. The van der Waals surface area contributed by atoms with E-state index in [4.69, 9.17) is 5.73 Å². The van der Waals surface area contributed by atoms with Gasteiger partial charge >= 0.3 is 0 Å². The molecule has 5 heteroatoms. The predicted octanol–water partition coefficient (Wildman–Crippen LogP) is 2.51. The molecule has 0 saturated heterocycles. The maximum Gasteiger partial charge on any atom is 0.254 e. The Morgan fingerprint density at radius 2 is 1.74 bits per heavy atom. The summed E-state index contributed by atoms with van der Waals surface area (Å²) in [6, 6.07) is 14.2. The van der Waals surface area contributed by atoms with Crippen LogP contribution in [0.5, 0.6) is 0 Å². The van der Waals surface area contributed by atoms with E-state index in [0.29, 0.717) is 0 Å². The lowest BCUT2D eigenvalue weighted by Gasteiger charge is -2.14. The first-order valence-electron chi connectivity index (χ1n) is 7.14. The molecule has 2 aromatic carbocycles. The van der Waals surface area contributed by atoms with E-state index in [1.807, 2.05) is 36.4 Å². The van der Waals surface area contributed by atoms with Gasteiger partial charge in [-0.1, -0.05) is 54.6 Å². The van der Waals surface area contributed by atoms with E-state index in [-0.39, 0.29) is 12.0 Å². The molecule has 0 bridgehead atoms. The number of hydrogen-bond donors (Lipinski definition) is 2. The minimum absolute atomic E-state index is 0.120. The predicted molar refractivity (Wildman–Crippen MR) is 86.9 cm³/mol. The highest BCUT2D eigenvalue weighted by atomic mass is 19.1. The van der Waals surface area contributed by atoms with Gasteiger partial charge < -0.3 is 11.1 Å². The molecule has 3 N–H and O–H groups in total. The van der Waals surface area contributed by atoms with E-state index in [2.05, 4.69) is 5.32 Å². The summed E-state index contributed by atoms with van der Waals surface area (Å²) in [5, 5.41) is 2.46. The van der Waals surface area contributed by atoms with Crippen LogP contribution in [0.4, 0.5) is 4.39 Å². The second-order valence-electron chi connectivity index (χ2n) is 4.96. The van der Waals surface area contributed by atoms with Crippen LogP contribution in [0.15, 0.2) is 60.7 Å². The van der Waals surface area contributed by atoms with Crippen molar-refractivity contribution in [3.05, 3.63) is 77.6 Å². The molecule has 0 aromatic heterocycles. The number of hydrogen-bond acceptors (Lipinski definition) is 2. The first-order chi connectivity index (χ1) is 11.1. The summed E-state index contributed by atoms with van der Waals surface area (Å²) in [5.41, 5.74) is 6.15. The maximum absolute atomic E-state index is 13.6. The zero-order chi connectivity index (χ0) is 16.7. The fraction of sp³-hybridized carbons (Fsp3) is 0.111. The van der Waals surface area contributed by atoms with E-state index in [1.54, 1.807) is 12.1 Å². The van der Waals surface area contributed by atoms with Crippen molar-refractivity contribution in [3.63, 3.8) is 0 Å². The molecule has 0 fully saturated rings. The highest BCUT2D eigenvalue weighted by Gasteiger charge is 2.19. The SMILES string of the molecule is NC(=O)[C@H](C/C=C/c1ccccc1)NC(=O)c1ccccc1F. The number of nitrogens with one attached hydrogen (secondary N) is 1. The summed E-state index contributed by atoms with van der Waals surface area (Å²) in [7, 11) is 0. The average Bonchev–Trinajstić information content (AvgIpc) is 2.55. The normalized spacial score (nSPS) is 12.0. The molecule has 0 aliphatic heterocycles. The van der Waals surface area contributed by atoms with Crippen LogP contribution in [0.2, 0.25) is 0 Å². The van der Waals surface area contributed by atoms with Crippen molar-refractivity contribution in [1.82, 2.24) is 5.32 Å². The Balaban J connectivity index is 2.02. The zero-order valence-electron chi connectivity index (χ0n) is 12.4. The minimum atomic E-state index is -0.901. The van der Waals surface area contributed by atoms with Gasteiger partial charge in [0.25, 0.3) is 5.91 Å². The van der Waals surface area contributed by atoms with Gasteiger partial charge in [-0.2, -0.15) is 0 Å². The lowest BCUT2D eigenvalue weighted by Crippen LogP contribution is -2.44. The van der Waals surface area contributed by atoms with E-state index in [9.17, 15) is 14.0 Å². The van der Waals surface area contributed by atoms with Crippen LogP contribution in [0.25, 0.3) is 6.08 Å². The van der Waals surface area contributed by atoms with Gasteiger partial charge in [-0.15, -0.1) is 0 Å². The third-order valence-corrected chi connectivity index (χ3v) is 3.25. The molecule has 0 heterocycles. The molecular weight excluding hydrogens is 295 g/mol. The topological polar surface area (TPSA) is 72.2 Å². The van der Waals surface area contributed by atoms with Crippen LogP contribution in [0, 0.1) is 5.82 Å². The van der Waals surface area contributed by atoms with Crippen LogP contribution < -0.4 is 11.1 Å². The van der Waals surface area contributed by atoms with E-state index in [0.717, 1.165) is 5.56 Å². The van der Waals surface area contributed by atoms with Crippen molar-refractivity contribution in [3.8, 4) is 0 Å². The second kappa shape index (κ2) is 7.89. The van der Waals surface area contributed by atoms with Gasteiger partial charge in [0.2, 0.25) is 5.91 Å². The maximum atomic E-state index is 13.6. The number of rotatable bonds is 6. The molecule has 2 rings (SSSR count). The molecule has 0 spiro atoms. The van der Waals surface area contributed by atoms with Gasteiger partial charge in [0, 0.05) is 0 Å². The first kappa shape index (κ1) is 16.4. The van der Waals surface area contributed by atoms with Crippen molar-refractivity contribution in [2.75, 3.05) is 0 Å². The monoisotopic (exact) mass is 312 g/mol. The van der Waals surface area contributed by atoms with Crippen LogP contribution >= 0.6 is 0 Å². The summed E-state index contributed by atoms with van der Waals surface area (Å²) in [6.07, 6.45) is 3.79. The van der Waals surface area contributed by atoms with E-state index >= 15 is 0 Å². The number of nitrogens with two attached hydrogens (primary N) is 1. The van der Waals surface area contributed by atoms with Gasteiger partial charge in [0.15, 0.2) is 0 Å². The molecule has 4 nitrogen and oxygen atoms in total. The Hall–Kier alpha value is -2.95. The van der Waals surface area contributed by atoms with Gasteiger partial charge in [-0.3, -0.25) is 9.59 Å². The number of halogens is 1. The fourth-order valence-electron chi connectivity index (χ4n) is 2.03. The Bertz CT molecular complexity index is 714. The first-order valence-corrected chi connectivity index (χ1v) is 7.14.